The molecule has 4 rings (SSSR count). The minimum Gasteiger partial charge on any atom is -0.484 e. The van der Waals surface area contributed by atoms with E-state index in [-0.39, 0.29) is 34.8 Å². The molecule has 9 heteroatoms. The molecule has 0 spiro atoms. The van der Waals surface area contributed by atoms with Gasteiger partial charge in [-0.25, -0.2) is 4.39 Å². The second-order valence-corrected chi connectivity index (χ2v) is 9.10. The Bertz CT molecular complexity index is 1250. The van der Waals surface area contributed by atoms with Crippen LogP contribution < -0.4 is 4.74 Å². The van der Waals surface area contributed by atoms with Gasteiger partial charge in [-0.1, -0.05) is 35.9 Å². The fourth-order valence-electron chi connectivity index (χ4n) is 3.56. The van der Waals surface area contributed by atoms with E-state index in [4.69, 9.17) is 8.92 Å². The van der Waals surface area contributed by atoms with Crippen molar-refractivity contribution in [1.82, 2.24) is 0 Å². The Morgan fingerprint density at radius 1 is 1.06 bits per heavy atom. The molecule has 1 unspecified atom stereocenters. The molecular weight excluding hydrogens is 448 g/mol. The summed E-state index contributed by atoms with van der Waals surface area (Å²) >= 11 is 0. The average Bonchev–Trinajstić information content (AvgIpc) is 3.16. The summed E-state index contributed by atoms with van der Waals surface area (Å²) < 4.78 is 90.0. The van der Waals surface area contributed by atoms with Crippen LogP contribution in [0.25, 0.3) is 11.1 Å². The van der Waals surface area contributed by atoms with Gasteiger partial charge in [0.1, 0.15) is 12.7 Å². The highest BCUT2D eigenvalue weighted by Crippen LogP contribution is 2.41. The van der Waals surface area contributed by atoms with Crippen LogP contribution in [0.5, 0.6) is 5.75 Å². The van der Waals surface area contributed by atoms with Crippen molar-refractivity contribution in [3.05, 3.63) is 83.2 Å². The molecule has 0 saturated carbocycles. The Balaban J connectivity index is 1.54. The molecule has 3 aromatic carbocycles. The largest absolute Gasteiger partial charge is 0.484 e. The number of aryl methyl sites for hydroxylation is 1. The maximum absolute atomic E-state index is 14.7. The molecule has 1 aliphatic heterocycles. The summed E-state index contributed by atoms with van der Waals surface area (Å²) in [5, 5.41) is 0. The van der Waals surface area contributed by atoms with Gasteiger partial charge in [0.2, 0.25) is 0 Å². The van der Waals surface area contributed by atoms with Crippen LogP contribution in [-0.2, 0) is 26.9 Å². The number of fused-ring (bicyclic) bond motifs is 1. The van der Waals surface area contributed by atoms with E-state index in [1.807, 2.05) is 6.92 Å². The van der Waals surface area contributed by atoms with Gasteiger partial charge in [0, 0.05) is 12.0 Å². The van der Waals surface area contributed by atoms with Crippen molar-refractivity contribution in [2.75, 3.05) is 6.61 Å². The zero-order chi connectivity index (χ0) is 23.1. The van der Waals surface area contributed by atoms with Crippen molar-refractivity contribution >= 4 is 10.1 Å². The van der Waals surface area contributed by atoms with Gasteiger partial charge in [-0.3, -0.25) is 4.18 Å². The quantitative estimate of drug-likeness (QED) is 0.367. The lowest BCUT2D eigenvalue weighted by Crippen LogP contribution is -2.23. The molecule has 1 atom stereocenters. The highest BCUT2D eigenvalue weighted by Gasteiger charge is 2.34. The second kappa shape index (κ2) is 8.22. The van der Waals surface area contributed by atoms with Gasteiger partial charge in [0.15, 0.2) is 11.6 Å². The topological polar surface area (TPSA) is 52.6 Å². The monoisotopic (exact) mass is 466 g/mol. The number of hydrogen-bond acceptors (Lipinski definition) is 4. The van der Waals surface area contributed by atoms with Crippen LogP contribution in [0, 0.1) is 12.7 Å². The lowest BCUT2D eigenvalue weighted by molar-refractivity contribution is -0.137. The second-order valence-electron chi connectivity index (χ2n) is 7.49. The maximum atomic E-state index is 14.7. The third-order valence-electron chi connectivity index (χ3n) is 5.11. The molecule has 0 aromatic heterocycles. The zero-order valence-corrected chi connectivity index (χ0v) is 17.6. The first-order valence-electron chi connectivity index (χ1n) is 9.66. The van der Waals surface area contributed by atoms with Crippen LogP contribution in [0.3, 0.4) is 0 Å². The summed E-state index contributed by atoms with van der Waals surface area (Å²) in [5.74, 6) is -0.932. The molecule has 0 bridgehead atoms. The van der Waals surface area contributed by atoms with Gasteiger partial charge in [0.05, 0.1) is 10.5 Å². The smallest absolute Gasteiger partial charge is 0.417 e. The summed E-state index contributed by atoms with van der Waals surface area (Å²) in [7, 11) is -4.03. The highest BCUT2D eigenvalue weighted by molar-refractivity contribution is 7.86. The minimum atomic E-state index is -4.59. The third-order valence-corrected chi connectivity index (χ3v) is 6.41. The molecule has 0 N–H and O–H groups in total. The predicted molar refractivity (Wildman–Crippen MR) is 109 cm³/mol. The minimum absolute atomic E-state index is 0.0177. The van der Waals surface area contributed by atoms with Crippen molar-refractivity contribution in [2.24, 2.45) is 0 Å². The van der Waals surface area contributed by atoms with Crippen LogP contribution in [0.4, 0.5) is 17.6 Å². The predicted octanol–water partition coefficient (Wildman–Crippen LogP) is 5.53. The van der Waals surface area contributed by atoms with Crippen molar-refractivity contribution < 1.29 is 34.9 Å². The molecule has 1 heterocycles. The van der Waals surface area contributed by atoms with Crippen molar-refractivity contribution in [2.45, 2.75) is 30.5 Å². The number of halogens is 4. The Hall–Kier alpha value is -2.91. The number of rotatable bonds is 5. The van der Waals surface area contributed by atoms with Crippen LogP contribution in [0.2, 0.25) is 0 Å². The molecule has 0 saturated heterocycles. The summed E-state index contributed by atoms with van der Waals surface area (Å²) in [6.07, 6.45) is -5.30. The molecule has 168 valence electrons. The van der Waals surface area contributed by atoms with Crippen LogP contribution in [0.15, 0.2) is 65.6 Å². The van der Waals surface area contributed by atoms with E-state index >= 15 is 0 Å². The number of alkyl halides is 3. The van der Waals surface area contributed by atoms with E-state index in [0.717, 1.165) is 17.7 Å². The van der Waals surface area contributed by atoms with Crippen LogP contribution >= 0.6 is 0 Å². The van der Waals surface area contributed by atoms with Gasteiger partial charge < -0.3 is 4.74 Å². The van der Waals surface area contributed by atoms with Crippen molar-refractivity contribution in [3.8, 4) is 16.9 Å². The normalized spacial score (nSPS) is 16.0. The fourth-order valence-corrected chi connectivity index (χ4v) is 4.49. The van der Waals surface area contributed by atoms with E-state index in [0.29, 0.717) is 5.56 Å². The van der Waals surface area contributed by atoms with Crippen molar-refractivity contribution in [1.29, 1.82) is 0 Å². The van der Waals surface area contributed by atoms with Gasteiger partial charge >= 0.3 is 6.18 Å². The van der Waals surface area contributed by atoms with E-state index in [2.05, 4.69) is 0 Å². The molecule has 0 aliphatic carbocycles. The average molecular weight is 466 g/mol. The molecule has 4 nitrogen and oxygen atoms in total. The molecule has 32 heavy (non-hydrogen) atoms. The van der Waals surface area contributed by atoms with E-state index < -0.39 is 33.8 Å². The molecule has 3 aromatic rings. The van der Waals surface area contributed by atoms with Crippen molar-refractivity contribution in [3.63, 3.8) is 0 Å². The first-order valence-corrected chi connectivity index (χ1v) is 11.1. The Kier molecular flexibility index (Phi) is 5.72. The lowest BCUT2D eigenvalue weighted by Gasteiger charge is -2.14. The Morgan fingerprint density at radius 3 is 2.44 bits per heavy atom. The van der Waals surface area contributed by atoms with E-state index in [1.54, 1.807) is 12.1 Å². The zero-order valence-electron chi connectivity index (χ0n) is 16.8. The summed E-state index contributed by atoms with van der Waals surface area (Å²) in [5.41, 5.74) is 0.271. The highest BCUT2D eigenvalue weighted by atomic mass is 32.2. The van der Waals surface area contributed by atoms with Crippen LogP contribution in [0.1, 0.15) is 16.7 Å². The molecule has 0 amide bonds. The van der Waals surface area contributed by atoms with Gasteiger partial charge in [0.25, 0.3) is 10.1 Å². The molecular formula is C23H18F4O4S. The SMILES string of the molecule is Cc1ccc(S(=O)(=O)OCC2Cc3cc(-c4ccccc4C(F)(F)F)cc(F)c3O2)cc1. The Labute approximate surface area is 182 Å². The first-order chi connectivity index (χ1) is 15.0. The number of ether oxygens (including phenoxy) is 1. The first kappa shape index (κ1) is 22.3. The maximum Gasteiger partial charge on any atom is 0.417 e. The summed E-state index contributed by atoms with van der Waals surface area (Å²) in [6, 6.07) is 13.4. The van der Waals surface area contributed by atoms with Gasteiger partial charge in [-0.2, -0.15) is 21.6 Å². The number of benzene rings is 3. The third kappa shape index (κ3) is 4.49. The number of hydrogen-bond donors (Lipinski definition) is 0. The molecule has 1 aliphatic rings. The lowest BCUT2D eigenvalue weighted by atomic mass is 9.96. The van der Waals surface area contributed by atoms with Gasteiger partial charge in [-0.15, -0.1) is 0 Å². The van der Waals surface area contributed by atoms with Gasteiger partial charge in [-0.05, 0) is 48.4 Å². The van der Waals surface area contributed by atoms with Crippen LogP contribution in [-0.4, -0.2) is 21.1 Å². The Morgan fingerprint density at radius 2 is 1.75 bits per heavy atom. The summed E-state index contributed by atoms with van der Waals surface area (Å²) in [4.78, 5) is -0.0177. The fraction of sp³-hybridized carbons (Fsp3) is 0.217. The van der Waals surface area contributed by atoms with E-state index in [1.165, 1.54) is 36.4 Å². The van der Waals surface area contributed by atoms with E-state index in [9.17, 15) is 26.0 Å². The standard InChI is InChI=1S/C23H18F4O4S/c1-14-6-8-18(9-7-14)32(28,29)30-13-17-11-16-10-15(12-21(24)22(16)31-17)19-4-2-3-5-20(19)23(25,26)27/h2-10,12,17H,11,13H2,1H3. The summed E-state index contributed by atoms with van der Waals surface area (Å²) in [6.45, 7) is 1.45. The molecule has 0 radical (unpaired) electrons. The molecule has 0 fully saturated rings.